The molecule has 3 rings (SSSR count). The van der Waals surface area contributed by atoms with Gasteiger partial charge in [-0.1, -0.05) is 11.3 Å². The fraction of sp³-hybridized carbons (Fsp3) is 0.385. The standard InChI is InChI=1S/C13H15N5O3S/c1-16-4-6-17(7-5-16)13(19)15-12-14-10-3-2-9(18(20)21)8-11(10)22-12/h2-3,8H,4-7H2,1H3,(H,14,15,19). The summed E-state index contributed by atoms with van der Waals surface area (Å²) in [5.41, 5.74) is 0.664. The minimum absolute atomic E-state index is 0.0214. The number of carbonyl (C=O) groups excluding carboxylic acids is 1. The Balaban J connectivity index is 1.73. The van der Waals surface area contributed by atoms with Gasteiger partial charge < -0.3 is 9.80 Å². The van der Waals surface area contributed by atoms with Crippen molar-refractivity contribution in [2.24, 2.45) is 0 Å². The van der Waals surface area contributed by atoms with Crippen LogP contribution in [0.3, 0.4) is 0 Å². The van der Waals surface area contributed by atoms with Crippen molar-refractivity contribution in [2.45, 2.75) is 0 Å². The molecule has 9 heteroatoms. The van der Waals surface area contributed by atoms with E-state index in [2.05, 4.69) is 15.2 Å². The number of anilines is 1. The maximum atomic E-state index is 12.2. The number of nitrogens with zero attached hydrogens (tertiary/aromatic N) is 4. The van der Waals surface area contributed by atoms with E-state index in [1.807, 2.05) is 7.05 Å². The van der Waals surface area contributed by atoms with Crippen molar-refractivity contribution < 1.29 is 9.72 Å². The number of benzene rings is 1. The first-order chi connectivity index (χ1) is 10.5. The average Bonchev–Trinajstić information content (AvgIpc) is 2.88. The summed E-state index contributed by atoms with van der Waals surface area (Å²) >= 11 is 1.24. The molecule has 0 unspecified atom stereocenters. The highest BCUT2D eigenvalue weighted by atomic mass is 32.1. The molecule has 1 aromatic heterocycles. The number of piperazine rings is 1. The Kier molecular flexibility index (Phi) is 3.90. The predicted octanol–water partition coefficient (Wildman–Crippen LogP) is 1.98. The molecular weight excluding hydrogens is 306 g/mol. The van der Waals surface area contributed by atoms with Crippen molar-refractivity contribution in [1.82, 2.24) is 14.8 Å². The van der Waals surface area contributed by atoms with Gasteiger partial charge in [-0.05, 0) is 13.1 Å². The first kappa shape index (κ1) is 14.7. The van der Waals surface area contributed by atoms with Gasteiger partial charge >= 0.3 is 6.03 Å². The fourth-order valence-electron chi connectivity index (χ4n) is 2.26. The van der Waals surface area contributed by atoms with Crippen LogP contribution in [0.15, 0.2) is 18.2 Å². The third-order valence-corrected chi connectivity index (χ3v) is 4.52. The largest absolute Gasteiger partial charge is 0.323 e. The van der Waals surface area contributed by atoms with E-state index in [4.69, 9.17) is 0 Å². The molecule has 2 amide bonds. The van der Waals surface area contributed by atoms with Crippen molar-refractivity contribution in [3.05, 3.63) is 28.3 Å². The fourth-order valence-corrected chi connectivity index (χ4v) is 3.15. The summed E-state index contributed by atoms with van der Waals surface area (Å²) in [6, 6.07) is 4.30. The number of nitro benzene ring substituents is 1. The number of urea groups is 1. The number of nitro groups is 1. The molecular formula is C13H15N5O3S. The Labute approximate surface area is 130 Å². The summed E-state index contributed by atoms with van der Waals surface area (Å²) in [6.07, 6.45) is 0. The van der Waals surface area contributed by atoms with Crippen LogP contribution in [0.5, 0.6) is 0 Å². The van der Waals surface area contributed by atoms with Crippen LogP contribution in [0.4, 0.5) is 15.6 Å². The maximum absolute atomic E-state index is 12.2. The van der Waals surface area contributed by atoms with Crippen LogP contribution in [-0.4, -0.2) is 59.0 Å². The molecule has 0 bridgehead atoms. The molecule has 1 aliphatic heterocycles. The summed E-state index contributed by atoms with van der Waals surface area (Å²) in [6.45, 7) is 3.05. The monoisotopic (exact) mass is 321 g/mol. The zero-order valence-electron chi connectivity index (χ0n) is 12.0. The number of likely N-dealkylation sites (N-methyl/N-ethyl adjacent to an activating group) is 1. The number of aromatic nitrogens is 1. The first-order valence-corrected chi connectivity index (χ1v) is 7.64. The van der Waals surface area contributed by atoms with Gasteiger partial charge in [-0.3, -0.25) is 15.4 Å². The highest BCUT2D eigenvalue weighted by Crippen LogP contribution is 2.29. The van der Waals surface area contributed by atoms with E-state index in [1.54, 1.807) is 11.0 Å². The average molecular weight is 321 g/mol. The normalized spacial score (nSPS) is 16.0. The van der Waals surface area contributed by atoms with E-state index in [0.29, 0.717) is 28.4 Å². The summed E-state index contributed by atoms with van der Waals surface area (Å²) < 4.78 is 0.683. The molecule has 2 heterocycles. The zero-order chi connectivity index (χ0) is 15.7. The van der Waals surface area contributed by atoms with Crippen molar-refractivity contribution >= 4 is 38.4 Å². The zero-order valence-corrected chi connectivity index (χ0v) is 12.8. The van der Waals surface area contributed by atoms with E-state index >= 15 is 0 Å². The van der Waals surface area contributed by atoms with Crippen LogP contribution < -0.4 is 5.32 Å². The number of rotatable bonds is 2. The van der Waals surface area contributed by atoms with E-state index in [-0.39, 0.29) is 11.7 Å². The van der Waals surface area contributed by atoms with Crippen LogP contribution in [0, 0.1) is 10.1 Å². The molecule has 8 nitrogen and oxygen atoms in total. The third-order valence-electron chi connectivity index (χ3n) is 3.59. The number of non-ortho nitro benzene ring substituents is 1. The van der Waals surface area contributed by atoms with Gasteiger partial charge in [-0.15, -0.1) is 0 Å². The van der Waals surface area contributed by atoms with Gasteiger partial charge in [-0.25, -0.2) is 9.78 Å². The van der Waals surface area contributed by atoms with E-state index in [0.717, 1.165) is 13.1 Å². The Morgan fingerprint density at radius 2 is 2.09 bits per heavy atom. The van der Waals surface area contributed by atoms with E-state index < -0.39 is 4.92 Å². The van der Waals surface area contributed by atoms with Gasteiger partial charge in [0.25, 0.3) is 5.69 Å². The Hall–Kier alpha value is -2.26. The summed E-state index contributed by atoms with van der Waals surface area (Å²) in [5, 5.41) is 14.0. The van der Waals surface area contributed by atoms with Crippen molar-refractivity contribution in [1.29, 1.82) is 0 Å². The molecule has 0 saturated carbocycles. The first-order valence-electron chi connectivity index (χ1n) is 6.82. The minimum atomic E-state index is -0.443. The lowest BCUT2D eigenvalue weighted by Gasteiger charge is -2.32. The summed E-state index contributed by atoms with van der Waals surface area (Å²) in [5.74, 6) is 0. The van der Waals surface area contributed by atoms with Crippen molar-refractivity contribution in [3.63, 3.8) is 0 Å². The minimum Gasteiger partial charge on any atom is -0.322 e. The topological polar surface area (TPSA) is 91.6 Å². The highest BCUT2D eigenvalue weighted by Gasteiger charge is 2.20. The lowest BCUT2D eigenvalue weighted by Crippen LogP contribution is -2.48. The second-order valence-corrected chi connectivity index (χ2v) is 6.18. The lowest BCUT2D eigenvalue weighted by molar-refractivity contribution is -0.384. The molecule has 116 valence electrons. The molecule has 1 aliphatic rings. The molecule has 0 aliphatic carbocycles. The lowest BCUT2D eigenvalue weighted by atomic mass is 10.3. The predicted molar refractivity (Wildman–Crippen MR) is 84.4 cm³/mol. The Morgan fingerprint density at radius 3 is 2.77 bits per heavy atom. The molecule has 0 spiro atoms. The SMILES string of the molecule is CN1CCN(C(=O)Nc2nc3ccc([N+](=O)[O-])cc3s2)CC1. The van der Waals surface area contributed by atoms with Crippen LogP contribution in [0.1, 0.15) is 0 Å². The van der Waals surface area contributed by atoms with Gasteiger partial charge in [0, 0.05) is 38.3 Å². The molecule has 22 heavy (non-hydrogen) atoms. The number of amides is 2. The number of hydrogen-bond acceptors (Lipinski definition) is 6. The van der Waals surface area contributed by atoms with Gasteiger partial charge in [0.05, 0.1) is 15.1 Å². The number of thiazole rings is 1. The molecule has 1 aromatic carbocycles. The number of fused-ring (bicyclic) bond motifs is 1. The van der Waals surface area contributed by atoms with Crippen LogP contribution in [-0.2, 0) is 0 Å². The number of nitrogens with one attached hydrogen (secondary N) is 1. The molecule has 0 radical (unpaired) electrons. The molecule has 0 atom stereocenters. The second kappa shape index (κ2) is 5.85. The quantitative estimate of drug-likeness (QED) is 0.674. The van der Waals surface area contributed by atoms with Crippen LogP contribution in [0.2, 0.25) is 0 Å². The van der Waals surface area contributed by atoms with Gasteiger partial charge in [0.1, 0.15) is 0 Å². The summed E-state index contributed by atoms with van der Waals surface area (Å²) in [7, 11) is 2.02. The number of carbonyl (C=O) groups is 1. The molecule has 1 N–H and O–H groups in total. The van der Waals surface area contributed by atoms with Crippen molar-refractivity contribution in [3.8, 4) is 0 Å². The van der Waals surface area contributed by atoms with Gasteiger partial charge in [0.15, 0.2) is 5.13 Å². The maximum Gasteiger partial charge on any atom is 0.323 e. The van der Waals surface area contributed by atoms with Gasteiger partial charge in [0.2, 0.25) is 0 Å². The van der Waals surface area contributed by atoms with E-state index in [9.17, 15) is 14.9 Å². The highest BCUT2D eigenvalue weighted by molar-refractivity contribution is 7.22. The molecule has 1 saturated heterocycles. The van der Waals surface area contributed by atoms with E-state index in [1.165, 1.54) is 23.5 Å². The number of hydrogen-bond donors (Lipinski definition) is 1. The smallest absolute Gasteiger partial charge is 0.322 e. The second-order valence-electron chi connectivity index (χ2n) is 5.15. The Morgan fingerprint density at radius 1 is 1.36 bits per heavy atom. The van der Waals surface area contributed by atoms with Crippen LogP contribution >= 0.6 is 11.3 Å². The molecule has 2 aromatic rings. The van der Waals surface area contributed by atoms with Crippen molar-refractivity contribution in [2.75, 3.05) is 38.5 Å². The Bertz CT molecular complexity index is 724. The molecule has 1 fully saturated rings. The third kappa shape index (κ3) is 3.00. The summed E-state index contributed by atoms with van der Waals surface area (Å²) in [4.78, 5) is 30.7. The van der Waals surface area contributed by atoms with Crippen LogP contribution in [0.25, 0.3) is 10.2 Å². The van der Waals surface area contributed by atoms with Gasteiger partial charge in [-0.2, -0.15) is 0 Å².